The Hall–Kier alpha value is -0.540. The standard InChI is InChI=1S/C3H7N.C2H6O2/c1-3-4-2;3-1-2-4/h3-4H,1H2,2H3;3-4H,1-2H2. The summed E-state index contributed by atoms with van der Waals surface area (Å²) in [4.78, 5) is 0. The van der Waals surface area contributed by atoms with Crippen molar-refractivity contribution in [2.75, 3.05) is 20.3 Å². The van der Waals surface area contributed by atoms with Gasteiger partial charge in [-0.15, -0.1) is 0 Å². The molecule has 0 unspecified atom stereocenters. The lowest BCUT2D eigenvalue weighted by atomic mass is 10.8. The third-order valence-corrected chi connectivity index (χ3v) is 0.304. The quantitative estimate of drug-likeness (QED) is 0.451. The van der Waals surface area contributed by atoms with Gasteiger partial charge in [-0.25, -0.2) is 0 Å². The maximum atomic E-state index is 7.62. The second-order valence-corrected chi connectivity index (χ2v) is 0.940. The molecule has 0 atom stereocenters. The number of nitrogens with one attached hydrogen (secondary N) is 1. The Morgan fingerprint density at radius 2 is 1.75 bits per heavy atom. The first kappa shape index (κ1) is 10.4. The summed E-state index contributed by atoms with van der Waals surface area (Å²) >= 11 is 0. The number of aliphatic hydroxyl groups excluding tert-OH is 2. The zero-order valence-corrected chi connectivity index (χ0v) is 5.09. The fourth-order valence-corrected chi connectivity index (χ4v) is 0. The van der Waals surface area contributed by atoms with Gasteiger partial charge in [0.05, 0.1) is 13.2 Å². The van der Waals surface area contributed by atoms with E-state index in [1.54, 1.807) is 6.20 Å². The molecule has 0 spiro atoms. The topological polar surface area (TPSA) is 52.5 Å². The van der Waals surface area contributed by atoms with Gasteiger partial charge >= 0.3 is 0 Å². The molecule has 3 N–H and O–H groups in total. The molecular weight excluding hydrogens is 106 g/mol. The number of aliphatic hydroxyl groups is 2. The normalized spacial score (nSPS) is 6.38. The molecule has 0 aromatic rings. The molecule has 50 valence electrons. The van der Waals surface area contributed by atoms with Crippen LogP contribution in [0.25, 0.3) is 0 Å². The Bertz CT molecular complexity index is 37.4. The third-order valence-electron chi connectivity index (χ3n) is 0.304. The van der Waals surface area contributed by atoms with Crippen LogP contribution in [-0.4, -0.2) is 30.5 Å². The molecule has 0 saturated heterocycles. The predicted molar refractivity (Wildman–Crippen MR) is 33.4 cm³/mol. The lowest BCUT2D eigenvalue weighted by Gasteiger charge is -1.70. The van der Waals surface area contributed by atoms with E-state index in [2.05, 4.69) is 11.9 Å². The van der Waals surface area contributed by atoms with Crippen molar-refractivity contribution in [1.29, 1.82) is 0 Å². The van der Waals surface area contributed by atoms with Crippen LogP contribution < -0.4 is 5.32 Å². The number of hydrogen-bond acceptors (Lipinski definition) is 3. The first-order chi connectivity index (χ1) is 3.83. The fourth-order valence-electron chi connectivity index (χ4n) is 0. The molecule has 0 heterocycles. The van der Waals surface area contributed by atoms with Gasteiger partial charge in [-0.3, -0.25) is 0 Å². The van der Waals surface area contributed by atoms with Gasteiger partial charge in [-0.2, -0.15) is 0 Å². The first-order valence-corrected chi connectivity index (χ1v) is 2.33. The van der Waals surface area contributed by atoms with Crippen LogP contribution in [0.4, 0.5) is 0 Å². The van der Waals surface area contributed by atoms with Crippen molar-refractivity contribution in [3.63, 3.8) is 0 Å². The van der Waals surface area contributed by atoms with Crippen LogP contribution in [0.3, 0.4) is 0 Å². The zero-order chi connectivity index (χ0) is 6.83. The molecule has 0 aliphatic carbocycles. The van der Waals surface area contributed by atoms with Crippen LogP contribution >= 0.6 is 0 Å². The maximum absolute atomic E-state index is 7.62. The molecule has 0 aliphatic rings. The van der Waals surface area contributed by atoms with Crippen molar-refractivity contribution in [3.8, 4) is 0 Å². The molecule has 0 aliphatic heterocycles. The minimum atomic E-state index is -0.125. The van der Waals surface area contributed by atoms with Crippen molar-refractivity contribution in [2.45, 2.75) is 0 Å². The van der Waals surface area contributed by atoms with E-state index in [4.69, 9.17) is 10.2 Å². The van der Waals surface area contributed by atoms with Crippen LogP contribution in [0.5, 0.6) is 0 Å². The first-order valence-electron chi connectivity index (χ1n) is 2.33. The van der Waals surface area contributed by atoms with E-state index in [9.17, 15) is 0 Å². The summed E-state index contributed by atoms with van der Waals surface area (Å²) in [6.07, 6.45) is 1.62. The van der Waals surface area contributed by atoms with Crippen LogP contribution in [-0.2, 0) is 0 Å². The van der Waals surface area contributed by atoms with Crippen LogP contribution in [0, 0.1) is 0 Å². The van der Waals surface area contributed by atoms with Gasteiger partial charge in [-0.1, -0.05) is 6.58 Å². The Labute approximate surface area is 49.7 Å². The van der Waals surface area contributed by atoms with Crippen molar-refractivity contribution in [1.82, 2.24) is 5.32 Å². The molecule has 0 rings (SSSR count). The highest BCUT2D eigenvalue weighted by Gasteiger charge is 1.58. The lowest BCUT2D eigenvalue weighted by molar-refractivity contribution is 0.186. The monoisotopic (exact) mass is 119 g/mol. The summed E-state index contributed by atoms with van der Waals surface area (Å²) < 4.78 is 0. The van der Waals surface area contributed by atoms with E-state index in [1.807, 2.05) is 7.05 Å². The van der Waals surface area contributed by atoms with E-state index in [1.165, 1.54) is 0 Å². The largest absolute Gasteiger partial charge is 0.394 e. The van der Waals surface area contributed by atoms with Crippen molar-refractivity contribution < 1.29 is 10.2 Å². The van der Waals surface area contributed by atoms with Gasteiger partial charge in [-0.05, 0) is 6.20 Å². The zero-order valence-electron chi connectivity index (χ0n) is 5.09. The highest BCUT2D eigenvalue weighted by molar-refractivity contribution is 4.55. The minimum absolute atomic E-state index is 0.125. The molecule has 8 heavy (non-hydrogen) atoms. The van der Waals surface area contributed by atoms with Crippen LogP contribution in [0.2, 0.25) is 0 Å². The van der Waals surface area contributed by atoms with E-state index in [0.29, 0.717) is 0 Å². The summed E-state index contributed by atoms with van der Waals surface area (Å²) in [5.74, 6) is 0. The van der Waals surface area contributed by atoms with E-state index >= 15 is 0 Å². The SMILES string of the molecule is C=CNC.OCCO. The molecule has 0 radical (unpaired) electrons. The smallest absolute Gasteiger partial charge is 0.0662 e. The molecule has 0 amide bonds. The summed E-state index contributed by atoms with van der Waals surface area (Å²) in [7, 11) is 1.81. The van der Waals surface area contributed by atoms with Crippen LogP contribution in [0.1, 0.15) is 0 Å². The van der Waals surface area contributed by atoms with Crippen LogP contribution in [0.15, 0.2) is 12.8 Å². The summed E-state index contributed by atoms with van der Waals surface area (Å²) in [5, 5.41) is 17.9. The highest BCUT2D eigenvalue weighted by Crippen LogP contribution is 1.39. The van der Waals surface area contributed by atoms with E-state index < -0.39 is 0 Å². The second-order valence-electron chi connectivity index (χ2n) is 0.940. The van der Waals surface area contributed by atoms with Gasteiger partial charge in [0.25, 0.3) is 0 Å². The third kappa shape index (κ3) is 51.0. The minimum Gasteiger partial charge on any atom is -0.394 e. The average molecular weight is 119 g/mol. The molecule has 0 saturated carbocycles. The molecule has 0 aromatic heterocycles. The van der Waals surface area contributed by atoms with Crippen molar-refractivity contribution >= 4 is 0 Å². The fraction of sp³-hybridized carbons (Fsp3) is 0.600. The van der Waals surface area contributed by atoms with Gasteiger partial charge in [0.15, 0.2) is 0 Å². The Balaban J connectivity index is 0. The van der Waals surface area contributed by atoms with Gasteiger partial charge in [0.1, 0.15) is 0 Å². The molecular formula is C5H13NO2. The molecule has 0 fully saturated rings. The lowest BCUT2D eigenvalue weighted by Crippen LogP contribution is -1.87. The number of rotatable bonds is 2. The van der Waals surface area contributed by atoms with E-state index in [0.717, 1.165) is 0 Å². The molecule has 3 heteroatoms. The van der Waals surface area contributed by atoms with E-state index in [-0.39, 0.29) is 13.2 Å². The highest BCUT2D eigenvalue weighted by atomic mass is 16.3. The molecule has 0 aromatic carbocycles. The van der Waals surface area contributed by atoms with Gasteiger partial charge < -0.3 is 15.5 Å². The molecule has 0 bridgehead atoms. The van der Waals surface area contributed by atoms with Gasteiger partial charge in [0.2, 0.25) is 0 Å². The van der Waals surface area contributed by atoms with Crippen molar-refractivity contribution in [3.05, 3.63) is 12.8 Å². The Morgan fingerprint density at radius 3 is 1.75 bits per heavy atom. The van der Waals surface area contributed by atoms with Crippen molar-refractivity contribution in [2.24, 2.45) is 0 Å². The summed E-state index contributed by atoms with van der Waals surface area (Å²) in [5.41, 5.74) is 0. The average Bonchev–Trinajstić information content (AvgIpc) is 1.88. The Kier molecular flexibility index (Phi) is 21.0. The second kappa shape index (κ2) is 16.1. The maximum Gasteiger partial charge on any atom is 0.0662 e. The summed E-state index contributed by atoms with van der Waals surface area (Å²) in [6.45, 7) is 3.12. The predicted octanol–water partition coefficient (Wildman–Crippen LogP) is -0.680. The number of hydrogen-bond donors (Lipinski definition) is 3. The Morgan fingerprint density at radius 1 is 1.50 bits per heavy atom. The molecule has 3 nitrogen and oxygen atoms in total. The van der Waals surface area contributed by atoms with Gasteiger partial charge in [0, 0.05) is 7.05 Å². The summed E-state index contributed by atoms with van der Waals surface area (Å²) in [6, 6.07) is 0.